The number of epoxide rings is 1. The van der Waals surface area contributed by atoms with Gasteiger partial charge < -0.3 is 35.2 Å². The van der Waals surface area contributed by atoms with Gasteiger partial charge in [-0.25, -0.2) is 0 Å². The summed E-state index contributed by atoms with van der Waals surface area (Å²) in [6.45, 7) is 15.9. The fourth-order valence-electron chi connectivity index (χ4n) is 6.31. The van der Waals surface area contributed by atoms with Crippen LogP contribution in [0.5, 0.6) is 0 Å². The molecule has 0 radical (unpaired) electrons. The van der Waals surface area contributed by atoms with Gasteiger partial charge in [0.25, 0.3) is 0 Å². The monoisotopic (exact) mass is 632 g/mol. The number of ether oxygens (including phenoxy) is 1. The van der Waals surface area contributed by atoms with E-state index < -0.39 is 23.3 Å². The number of hydrogen-bond acceptors (Lipinski definition) is 3. The van der Waals surface area contributed by atoms with E-state index in [1.807, 2.05) is 52.0 Å². The minimum Gasteiger partial charge on any atom is -0.658 e. The Labute approximate surface area is 265 Å². The van der Waals surface area contributed by atoms with Crippen molar-refractivity contribution in [2.45, 2.75) is 64.7 Å². The summed E-state index contributed by atoms with van der Waals surface area (Å²) in [5.41, 5.74) is 6.23. The van der Waals surface area contributed by atoms with Gasteiger partial charge >= 0.3 is 29.0 Å². The predicted octanol–water partition coefficient (Wildman–Crippen LogP) is 1.70. The molecule has 3 aliphatic rings. The van der Waals surface area contributed by atoms with Gasteiger partial charge in [-0.1, -0.05) is 77.4 Å². The van der Waals surface area contributed by atoms with E-state index in [0.717, 1.165) is 50.0 Å². The minimum atomic E-state index is -0.988. The quantitative estimate of drug-likeness (QED) is 0.282. The van der Waals surface area contributed by atoms with Crippen molar-refractivity contribution in [3.8, 4) is 0 Å². The number of carboxylic acid groups (broad SMARTS) is 2. The van der Waals surface area contributed by atoms with Crippen molar-refractivity contribution in [3.63, 3.8) is 0 Å². The second-order valence-corrected chi connectivity index (χ2v) is 11.4. The second kappa shape index (κ2) is 11.0. The van der Waals surface area contributed by atoms with E-state index in [0.29, 0.717) is 27.4 Å². The third kappa shape index (κ3) is 4.83. The van der Waals surface area contributed by atoms with Crippen LogP contribution in [0.25, 0.3) is 35.7 Å². The minimum absolute atomic E-state index is 0. The molecule has 3 aliphatic heterocycles. The van der Waals surface area contributed by atoms with Gasteiger partial charge in [0.1, 0.15) is 5.60 Å². The summed E-state index contributed by atoms with van der Waals surface area (Å²) in [6, 6.07) is 0. The van der Waals surface area contributed by atoms with Crippen LogP contribution in [0.15, 0.2) is 30.5 Å². The number of aromatic nitrogens is 3. The second-order valence-electron chi connectivity index (χ2n) is 11.4. The summed E-state index contributed by atoms with van der Waals surface area (Å²) < 4.78 is 6.26. The normalized spacial score (nSPS) is 24.1. The zero-order valence-electron chi connectivity index (χ0n) is 25.0. The van der Waals surface area contributed by atoms with Crippen LogP contribution in [0.4, 0.5) is 0 Å². The van der Waals surface area contributed by atoms with E-state index in [2.05, 4.69) is 13.2 Å². The topological polar surface area (TPSA) is 144 Å². The number of nitrogens with zero attached hydrogens (tertiary/aromatic N) is 4. The van der Waals surface area contributed by atoms with Crippen molar-refractivity contribution >= 4 is 42.3 Å². The van der Waals surface area contributed by atoms with E-state index in [1.165, 1.54) is 0 Å². The number of allylic oxidation sites excluding steroid dienone is 1. The van der Waals surface area contributed by atoms with Crippen LogP contribution in [0.2, 0.25) is 0 Å². The molecule has 0 aliphatic carbocycles. The van der Waals surface area contributed by atoms with Crippen LogP contribution < -0.4 is 36.3 Å². The van der Waals surface area contributed by atoms with E-state index in [4.69, 9.17) is 25.0 Å². The molecular weight excluding hydrogens is 600 g/mol. The molecule has 0 aromatic carbocycles. The van der Waals surface area contributed by atoms with Crippen LogP contribution in [-0.4, -0.2) is 33.5 Å². The Morgan fingerprint density at radius 2 is 1.45 bits per heavy atom. The van der Waals surface area contributed by atoms with Gasteiger partial charge in [0.15, 0.2) is 0 Å². The fraction of sp³-hybridized carbons (Fsp3) is 0.294. The summed E-state index contributed by atoms with van der Waals surface area (Å²) in [7, 11) is 0. The Bertz CT molecular complexity index is 2040. The largest absolute Gasteiger partial charge is 4.00 e. The van der Waals surface area contributed by atoms with Crippen molar-refractivity contribution < 1.29 is 41.6 Å². The molecule has 44 heavy (non-hydrogen) atoms. The average Bonchev–Trinajstić information content (AvgIpc) is 3.18. The number of rotatable bonds is 8. The van der Waals surface area contributed by atoms with Crippen LogP contribution in [0.3, 0.4) is 0 Å². The van der Waals surface area contributed by atoms with Gasteiger partial charge in [-0.2, -0.15) is 0 Å². The standard InChI is InChI=1S/C34H32N4O5.Fe/c1-7-20-17(3)25-14-29-23(8-2)33(6)34(38-29,43-33)16-30-19(5)22(10-12-32(41)42)28(37-30)15-27-21(9-11-31(39)40)18(4)24(36-27)13-26(20)35-25;/h7-8,13-16H,1-2,9-12H2,3-6H3,(H,39,40)(H,41,42);/q-4;+4/b25-14-,26-13-,28-15-,30-16-;/t33-,34-;/m0./s1. The molecular formula is C34H32FeN4O5. The molecule has 0 saturated carbocycles. The molecule has 1 saturated heterocycles. The SMILES string of the molecule is C=CC1=C2/C=c3\[n-]/c(c(C=C)c3C)=C\c3[n-]c(c(CCC(=O)O)c3C)/C=c3\[n-]/c(c(C)c3CCC(=O)O)=C\[C@]3([N-]2)O[C@@]13C.[Fe+4]. The van der Waals surface area contributed by atoms with E-state index in [1.54, 1.807) is 12.2 Å². The molecule has 2 atom stereocenters. The van der Waals surface area contributed by atoms with Gasteiger partial charge in [-0.15, -0.1) is 38.5 Å². The van der Waals surface area contributed by atoms with Crippen LogP contribution in [-0.2, 0) is 44.2 Å². The summed E-state index contributed by atoms with van der Waals surface area (Å²) in [5.74, 6) is -1.81. The van der Waals surface area contributed by atoms with Crippen LogP contribution in [0, 0.1) is 20.8 Å². The molecule has 2 N–H and O–H groups in total. The van der Waals surface area contributed by atoms with Crippen molar-refractivity contribution in [1.82, 2.24) is 15.0 Å². The Morgan fingerprint density at radius 1 is 0.818 bits per heavy atom. The van der Waals surface area contributed by atoms with E-state index in [9.17, 15) is 19.8 Å². The Hall–Kier alpha value is -4.24. The maximum Gasteiger partial charge on any atom is 4.00 e. The molecule has 1 spiro atoms. The van der Waals surface area contributed by atoms with Crippen LogP contribution in [0.1, 0.15) is 64.5 Å². The summed E-state index contributed by atoms with van der Waals surface area (Å²) in [4.78, 5) is 37.9. The molecule has 226 valence electrons. The van der Waals surface area contributed by atoms with Gasteiger partial charge in [-0.05, 0) is 51.7 Å². The summed E-state index contributed by atoms with van der Waals surface area (Å²) in [5, 5.41) is 26.6. The number of carboxylic acids is 2. The first-order valence-corrected chi connectivity index (χ1v) is 14.2. The van der Waals surface area contributed by atoms with Gasteiger partial charge in [-0.3, -0.25) is 9.59 Å². The molecule has 8 bridgehead atoms. The molecule has 10 heteroatoms. The summed E-state index contributed by atoms with van der Waals surface area (Å²) >= 11 is 0. The number of aliphatic carboxylic acids is 2. The third-order valence-corrected chi connectivity index (χ3v) is 8.90. The number of carbonyl (C=O) groups is 2. The number of hydrogen-bond donors (Lipinski definition) is 2. The Balaban J connectivity index is 0.00000384. The van der Waals surface area contributed by atoms with Crippen molar-refractivity contribution in [3.05, 3.63) is 102 Å². The molecule has 6 rings (SSSR count). The van der Waals surface area contributed by atoms with E-state index >= 15 is 0 Å². The predicted molar refractivity (Wildman–Crippen MR) is 163 cm³/mol. The van der Waals surface area contributed by atoms with Gasteiger partial charge in [0.05, 0.1) is 5.72 Å². The third-order valence-electron chi connectivity index (χ3n) is 8.90. The zero-order chi connectivity index (χ0) is 30.8. The van der Waals surface area contributed by atoms with E-state index in [-0.39, 0.29) is 42.8 Å². The molecule has 6 heterocycles. The smallest absolute Gasteiger partial charge is 0.658 e. The fourth-order valence-corrected chi connectivity index (χ4v) is 6.31. The molecule has 0 unspecified atom stereocenters. The average molecular weight is 632 g/mol. The Morgan fingerprint density at radius 3 is 2.09 bits per heavy atom. The molecule has 3 aromatic heterocycles. The summed E-state index contributed by atoms with van der Waals surface area (Å²) in [6.07, 6.45) is 11.6. The van der Waals surface area contributed by atoms with Crippen molar-refractivity contribution in [1.29, 1.82) is 0 Å². The zero-order valence-corrected chi connectivity index (χ0v) is 26.1. The maximum atomic E-state index is 11.6. The molecule has 1 fully saturated rings. The van der Waals surface area contributed by atoms with Crippen molar-refractivity contribution in [2.75, 3.05) is 0 Å². The van der Waals surface area contributed by atoms with Gasteiger partial charge in [0.2, 0.25) is 0 Å². The first-order valence-electron chi connectivity index (χ1n) is 14.2. The first kappa shape index (κ1) is 31.2. The molecule has 3 aromatic rings. The van der Waals surface area contributed by atoms with Crippen LogP contribution >= 0.6 is 0 Å². The van der Waals surface area contributed by atoms with Gasteiger partial charge in [0, 0.05) is 12.8 Å². The number of fused-ring (bicyclic) bond motifs is 7. The van der Waals surface area contributed by atoms with Crippen molar-refractivity contribution in [2.24, 2.45) is 0 Å². The molecule has 9 nitrogen and oxygen atoms in total. The first-order chi connectivity index (χ1) is 20.4. The Kier molecular flexibility index (Phi) is 7.82. The molecule has 0 amide bonds. The maximum absolute atomic E-state index is 11.6.